The lowest BCUT2D eigenvalue weighted by Gasteiger charge is -2.22. The Bertz CT molecular complexity index is 236. The fraction of sp³-hybridized carbons (Fsp3) is 0.917. The average Bonchev–Trinajstić information content (AvgIpc) is 2.88. The molecule has 2 heterocycles. The van der Waals surface area contributed by atoms with E-state index in [1.807, 2.05) is 0 Å². The maximum absolute atomic E-state index is 11.5. The molecule has 98 valence electrons. The van der Waals surface area contributed by atoms with Gasteiger partial charge in [-0.25, -0.2) is 0 Å². The molecule has 2 rings (SSSR count). The van der Waals surface area contributed by atoms with Crippen LogP contribution in [0.1, 0.15) is 25.7 Å². The maximum atomic E-state index is 11.5. The summed E-state index contributed by atoms with van der Waals surface area (Å²) in [5.74, 6) is -0.0287. The Morgan fingerprint density at radius 2 is 2.18 bits per heavy atom. The van der Waals surface area contributed by atoms with Crippen molar-refractivity contribution in [3.63, 3.8) is 0 Å². The molecule has 1 atom stereocenters. The van der Waals surface area contributed by atoms with E-state index in [4.69, 9.17) is 9.47 Å². The fourth-order valence-electron chi connectivity index (χ4n) is 2.24. The molecular formula is C12H22N2O3. The molecule has 0 aromatic carbocycles. The van der Waals surface area contributed by atoms with Crippen LogP contribution in [0.15, 0.2) is 0 Å². The predicted octanol–water partition coefficient (Wildman–Crippen LogP) is 0.0502. The van der Waals surface area contributed by atoms with Gasteiger partial charge in [0.25, 0.3) is 0 Å². The maximum Gasteiger partial charge on any atom is 0.246 e. The van der Waals surface area contributed by atoms with E-state index >= 15 is 0 Å². The molecule has 0 saturated carbocycles. The lowest BCUT2D eigenvalue weighted by molar-refractivity contribution is -0.128. The molecule has 5 heteroatoms. The highest BCUT2D eigenvalue weighted by molar-refractivity contribution is 5.77. The molecule has 0 spiro atoms. The predicted molar refractivity (Wildman–Crippen MR) is 63.8 cm³/mol. The minimum Gasteiger partial charge on any atom is -0.376 e. The van der Waals surface area contributed by atoms with Crippen LogP contribution in [-0.4, -0.2) is 51.0 Å². The monoisotopic (exact) mass is 242 g/mol. The average molecular weight is 242 g/mol. The van der Waals surface area contributed by atoms with Crippen LogP contribution < -0.4 is 10.6 Å². The van der Waals surface area contributed by atoms with E-state index in [9.17, 15) is 4.79 Å². The van der Waals surface area contributed by atoms with Crippen molar-refractivity contribution in [1.29, 1.82) is 0 Å². The first-order chi connectivity index (χ1) is 8.34. The SMILES string of the molecule is O=C(COC1CCNCC1)NCC1CCCO1. The Hall–Kier alpha value is -0.650. The third kappa shape index (κ3) is 4.61. The Morgan fingerprint density at radius 3 is 2.88 bits per heavy atom. The molecule has 0 bridgehead atoms. The van der Waals surface area contributed by atoms with Crippen LogP contribution in [0, 0.1) is 0 Å². The van der Waals surface area contributed by atoms with E-state index in [0.717, 1.165) is 45.4 Å². The van der Waals surface area contributed by atoms with Gasteiger partial charge in [0.05, 0.1) is 12.2 Å². The van der Waals surface area contributed by atoms with Crippen molar-refractivity contribution in [1.82, 2.24) is 10.6 Å². The summed E-state index contributed by atoms with van der Waals surface area (Å²) in [7, 11) is 0. The number of rotatable bonds is 5. The highest BCUT2D eigenvalue weighted by Crippen LogP contribution is 2.10. The number of amides is 1. The fourth-order valence-corrected chi connectivity index (χ4v) is 2.24. The van der Waals surface area contributed by atoms with E-state index in [0.29, 0.717) is 6.54 Å². The van der Waals surface area contributed by atoms with E-state index in [1.54, 1.807) is 0 Å². The Morgan fingerprint density at radius 1 is 1.35 bits per heavy atom. The quantitative estimate of drug-likeness (QED) is 0.715. The van der Waals surface area contributed by atoms with Crippen molar-refractivity contribution in [2.24, 2.45) is 0 Å². The molecular weight excluding hydrogens is 220 g/mol. The third-order valence-corrected chi connectivity index (χ3v) is 3.29. The number of hydrogen-bond donors (Lipinski definition) is 2. The first-order valence-electron chi connectivity index (χ1n) is 6.55. The first-order valence-corrected chi connectivity index (χ1v) is 6.55. The largest absolute Gasteiger partial charge is 0.376 e. The molecule has 1 amide bonds. The second-order valence-corrected chi connectivity index (χ2v) is 4.70. The van der Waals surface area contributed by atoms with Crippen LogP contribution in [0.4, 0.5) is 0 Å². The minimum absolute atomic E-state index is 0.0287. The lowest BCUT2D eigenvalue weighted by atomic mass is 10.1. The van der Waals surface area contributed by atoms with Gasteiger partial charge in [-0.05, 0) is 38.8 Å². The van der Waals surface area contributed by atoms with Gasteiger partial charge >= 0.3 is 0 Å². The first kappa shape index (κ1) is 12.8. The molecule has 0 aromatic rings. The summed E-state index contributed by atoms with van der Waals surface area (Å²) in [5, 5.41) is 6.13. The van der Waals surface area contributed by atoms with Crippen LogP contribution in [0.3, 0.4) is 0 Å². The second-order valence-electron chi connectivity index (χ2n) is 4.70. The van der Waals surface area contributed by atoms with Crippen molar-refractivity contribution < 1.29 is 14.3 Å². The molecule has 5 nitrogen and oxygen atoms in total. The van der Waals surface area contributed by atoms with Crippen molar-refractivity contribution in [3.8, 4) is 0 Å². The standard InChI is InChI=1S/C12H22N2O3/c15-12(14-8-11-2-1-7-16-11)9-17-10-3-5-13-6-4-10/h10-11,13H,1-9H2,(H,14,15). The van der Waals surface area contributed by atoms with Gasteiger partial charge in [-0.1, -0.05) is 0 Å². The van der Waals surface area contributed by atoms with Crippen LogP contribution in [0.5, 0.6) is 0 Å². The Labute approximate surface area is 102 Å². The molecule has 2 N–H and O–H groups in total. The molecule has 1 unspecified atom stereocenters. The zero-order valence-corrected chi connectivity index (χ0v) is 10.2. The molecule has 2 fully saturated rings. The van der Waals surface area contributed by atoms with Gasteiger partial charge in [0, 0.05) is 13.2 Å². The molecule has 2 saturated heterocycles. The van der Waals surface area contributed by atoms with Gasteiger partial charge in [0.2, 0.25) is 5.91 Å². The number of carbonyl (C=O) groups excluding carboxylic acids is 1. The molecule has 17 heavy (non-hydrogen) atoms. The van der Waals surface area contributed by atoms with Crippen LogP contribution >= 0.6 is 0 Å². The normalized spacial score (nSPS) is 26.0. The van der Waals surface area contributed by atoms with Gasteiger partial charge in [0.1, 0.15) is 6.61 Å². The van der Waals surface area contributed by atoms with Crippen molar-refractivity contribution in [2.45, 2.75) is 37.9 Å². The smallest absolute Gasteiger partial charge is 0.246 e. The summed E-state index contributed by atoms with van der Waals surface area (Å²) in [6.45, 7) is 3.60. The van der Waals surface area contributed by atoms with Gasteiger partial charge in [-0.3, -0.25) is 4.79 Å². The van der Waals surface area contributed by atoms with E-state index in [2.05, 4.69) is 10.6 Å². The molecule has 2 aliphatic heterocycles. The van der Waals surface area contributed by atoms with Gasteiger partial charge < -0.3 is 20.1 Å². The highest BCUT2D eigenvalue weighted by Gasteiger charge is 2.17. The zero-order chi connectivity index (χ0) is 11.9. The molecule has 2 aliphatic rings. The van der Waals surface area contributed by atoms with Crippen molar-refractivity contribution in [2.75, 3.05) is 32.8 Å². The number of piperidine rings is 1. The van der Waals surface area contributed by atoms with E-state index in [-0.39, 0.29) is 24.7 Å². The summed E-state index contributed by atoms with van der Waals surface area (Å²) in [4.78, 5) is 11.5. The van der Waals surface area contributed by atoms with Crippen LogP contribution in [0.2, 0.25) is 0 Å². The highest BCUT2D eigenvalue weighted by atomic mass is 16.5. The minimum atomic E-state index is -0.0287. The number of hydrogen-bond acceptors (Lipinski definition) is 4. The summed E-state index contributed by atoms with van der Waals surface area (Å²) >= 11 is 0. The van der Waals surface area contributed by atoms with Crippen molar-refractivity contribution in [3.05, 3.63) is 0 Å². The number of carbonyl (C=O) groups is 1. The van der Waals surface area contributed by atoms with Crippen LogP contribution in [-0.2, 0) is 14.3 Å². The Balaban J connectivity index is 1.53. The van der Waals surface area contributed by atoms with Gasteiger partial charge in [0.15, 0.2) is 0 Å². The summed E-state index contributed by atoms with van der Waals surface area (Å²) in [5.41, 5.74) is 0. The third-order valence-electron chi connectivity index (χ3n) is 3.29. The number of ether oxygens (including phenoxy) is 2. The summed E-state index contributed by atoms with van der Waals surface area (Å²) < 4.78 is 11.0. The van der Waals surface area contributed by atoms with Crippen molar-refractivity contribution >= 4 is 5.91 Å². The lowest BCUT2D eigenvalue weighted by Crippen LogP contribution is -2.37. The molecule has 0 aromatic heterocycles. The second kappa shape index (κ2) is 6.93. The van der Waals surface area contributed by atoms with Gasteiger partial charge in [-0.15, -0.1) is 0 Å². The van der Waals surface area contributed by atoms with Gasteiger partial charge in [-0.2, -0.15) is 0 Å². The number of nitrogens with one attached hydrogen (secondary N) is 2. The Kier molecular flexibility index (Phi) is 5.22. The van der Waals surface area contributed by atoms with Crippen LogP contribution in [0.25, 0.3) is 0 Å². The summed E-state index contributed by atoms with van der Waals surface area (Å²) in [6.07, 6.45) is 4.60. The topological polar surface area (TPSA) is 59.6 Å². The molecule has 0 radical (unpaired) electrons. The van der Waals surface area contributed by atoms with E-state index in [1.165, 1.54) is 0 Å². The summed E-state index contributed by atoms with van der Waals surface area (Å²) in [6, 6.07) is 0. The van der Waals surface area contributed by atoms with E-state index < -0.39 is 0 Å². The zero-order valence-electron chi connectivity index (χ0n) is 10.2. The molecule has 0 aliphatic carbocycles.